The van der Waals surface area contributed by atoms with Gasteiger partial charge in [-0.3, -0.25) is 0 Å². The summed E-state index contributed by atoms with van der Waals surface area (Å²) in [5.41, 5.74) is 2.32. The average Bonchev–Trinajstić information content (AvgIpc) is 2.44. The molecule has 0 amide bonds. The van der Waals surface area contributed by atoms with E-state index in [1.54, 1.807) is 6.21 Å². The van der Waals surface area contributed by atoms with E-state index in [0.717, 1.165) is 36.1 Å². The lowest BCUT2D eigenvalue weighted by molar-refractivity contribution is 0.0853. The van der Waals surface area contributed by atoms with Crippen molar-refractivity contribution in [2.45, 2.75) is 44.3 Å². The minimum atomic E-state index is -1.23. The van der Waals surface area contributed by atoms with Gasteiger partial charge in [0.1, 0.15) is 11.0 Å². The molecule has 1 aliphatic heterocycles. The first-order valence-electron chi connectivity index (χ1n) is 7.21. The van der Waals surface area contributed by atoms with Crippen LogP contribution in [0.1, 0.15) is 50.7 Å². The van der Waals surface area contributed by atoms with Gasteiger partial charge in [0.05, 0.1) is 4.75 Å². The normalized spacial score (nSPS) is 19.0. The van der Waals surface area contributed by atoms with Crippen LogP contribution in [0.2, 0.25) is 0 Å². The molecule has 1 aliphatic rings. The number of hydrogen-bond acceptors (Lipinski definition) is 2. The molecular formula is C16H22BrNO2S. The highest BCUT2D eigenvalue weighted by Crippen LogP contribution is 2.30. The molecule has 0 saturated carbocycles. The Hall–Kier alpha value is -0.520. The second-order valence-corrected chi connectivity index (χ2v) is 9.11. The van der Waals surface area contributed by atoms with E-state index in [1.807, 2.05) is 26.8 Å². The first-order valence-corrected chi connectivity index (χ1v) is 9.11. The van der Waals surface area contributed by atoms with Gasteiger partial charge in [-0.1, -0.05) is 22.0 Å². The predicted octanol–water partition coefficient (Wildman–Crippen LogP) is 4.22. The van der Waals surface area contributed by atoms with E-state index < -0.39 is 11.0 Å². The Morgan fingerprint density at radius 2 is 2.00 bits per heavy atom. The van der Waals surface area contributed by atoms with Gasteiger partial charge in [0.2, 0.25) is 0 Å². The molecule has 116 valence electrons. The number of nitrogens with zero attached hydrogens (tertiary/aromatic N) is 1. The van der Waals surface area contributed by atoms with Crippen molar-refractivity contribution in [1.29, 1.82) is 0 Å². The maximum atomic E-state index is 12.1. The van der Waals surface area contributed by atoms with E-state index in [1.165, 1.54) is 5.56 Å². The van der Waals surface area contributed by atoms with Gasteiger partial charge in [-0.05, 0) is 62.8 Å². The fourth-order valence-electron chi connectivity index (χ4n) is 2.30. The zero-order valence-electron chi connectivity index (χ0n) is 12.8. The van der Waals surface area contributed by atoms with Crippen molar-refractivity contribution in [3.8, 4) is 0 Å². The Morgan fingerprint density at radius 1 is 1.33 bits per heavy atom. The van der Waals surface area contributed by atoms with Gasteiger partial charge in [0.25, 0.3) is 0 Å². The molecule has 0 aliphatic carbocycles. The van der Waals surface area contributed by atoms with Gasteiger partial charge in [-0.15, -0.1) is 0 Å². The average molecular weight is 372 g/mol. The van der Waals surface area contributed by atoms with E-state index in [2.05, 4.69) is 32.5 Å². The van der Waals surface area contributed by atoms with Gasteiger partial charge in [-0.25, -0.2) is 4.21 Å². The molecule has 0 radical (unpaired) electrons. The van der Waals surface area contributed by atoms with Gasteiger partial charge >= 0.3 is 0 Å². The lowest BCUT2D eigenvalue weighted by atomic mass is 9.88. The summed E-state index contributed by atoms with van der Waals surface area (Å²) in [6, 6.07) is 6.25. The first-order chi connectivity index (χ1) is 9.88. The summed E-state index contributed by atoms with van der Waals surface area (Å²) < 4.78 is 22.5. The van der Waals surface area contributed by atoms with Crippen molar-refractivity contribution >= 4 is 33.1 Å². The molecule has 1 aromatic carbocycles. The van der Waals surface area contributed by atoms with Crippen molar-refractivity contribution in [3.63, 3.8) is 0 Å². The quantitative estimate of drug-likeness (QED) is 0.745. The van der Waals surface area contributed by atoms with E-state index in [0.29, 0.717) is 5.92 Å². The highest BCUT2D eigenvalue weighted by atomic mass is 79.9. The summed E-state index contributed by atoms with van der Waals surface area (Å²) in [5, 5.41) is 0. The molecule has 1 saturated heterocycles. The topological polar surface area (TPSA) is 38.7 Å². The van der Waals surface area contributed by atoms with Crippen molar-refractivity contribution in [2.24, 2.45) is 4.40 Å². The summed E-state index contributed by atoms with van der Waals surface area (Å²) in [6.07, 6.45) is 3.83. The molecule has 0 spiro atoms. The van der Waals surface area contributed by atoms with Crippen LogP contribution in [0.25, 0.3) is 0 Å². The van der Waals surface area contributed by atoms with Crippen LogP contribution in [0.15, 0.2) is 27.1 Å². The zero-order valence-corrected chi connectivity index (χ0v) is 15.2. The van der Waals surface area contributed by atoms with E-state index in [4.69, 9.17) is 4.74 Å². The second kappa shape index (κ2) is 7.16. The van der Waals surface area contributed by atoms with Crippen molar-refractivity contribution in [3.05, 3.63) is 33.8 Å². The van der Waals surface area contributed by atoms with Crippen LogP contribution in [0.5, 0.6) is 0 Å². The van der Waals surface area contributed by atoms with Gasteiger partial charge in [0.15, 0.2) is 0 Å². The van der Waals surface area contributed by atoms with Crippen molar-refractivity contribution in [1.82, 2.24) is 0 Å². The van der Waals surface area contributed by atoms with Gasteiger partial charge in [0, 0.05) is 23.9 Å². The Bertz CT molecular complexity index is 546. The van der Waals surface area contributed by atoms with Gasteiger partial charge in [-0.2, -0.15) is 4.40 Å². The Labute approximate surface area is 137 Å². The molecule has 0 bridgehead atoms. The maximum absolute atomic E-state index is 12.1. The monoisotopic (exact) mass is 371 g/mol. The van der Waals surface area contributed by atoms with Crippen LogP contribution >= 0.6 is 15.9 Å². The van der Waals surface area contributed by atoms with Crippen LogP contribution in [0.3, 0.4) is 0 Å². The largest absolute Gasteiger partial charge is 0.381 e. The Morgan fingerprint density at radius 3 is 2.62 bits per heavy atom. The summed E-state index contributed by atoms with van der Waals surface area (Å²) in [5.74, 6) is 0.497. The predicted molar refractivity (Wildman–Crippen MR) is 92.4 cm³/mol. The summed E-state index contributed by atoms with van der Waals surface area (Å²) in [4.78, 5) is 0. The highest BCUT2D eigenvalue weighted by Gasteiger charge is 2.20. The lowest BCUT2D eigenvalue weighted by Gasteiger charge is -2.24. The molecule has 2 rings (SSSR count). The SMILES string of the molecule is CC(C)(C)S(=O)N=Cc1cc(Br)ccc1C1CCOCC1. The molecule has 1 aromatic rings. The lowest BCUT2D eigenvalue weighted by Crippen LogP contribution is -2.20. The van der Waals surface area contributed by atoms with Crippen LogP contribution in [0.4, 0.5) is 0 Å². The van der Waals surface area contributed by atoms with Crippen molar-refractivity contribution in [2.75, 3.05) is 13.2 Å². The standard InChI is InChI=1S/C16H22BrNO2S/c1-16(2,3)21(19)18-11-13-10-14(17)4-5-15(13)12-6-8-20-9-7-12/h4-5,10-12H,6-9H2,1-3H3. The maximum Gasteiger partial charge on any atom is 0.144 e. The number of benzene rings is 1. The zero-order chi connectivity index (χ0) is 15.5. The Kier molecular flexibility index (Phi) is 5.74. The molecule has 1 atom stereocenters. The third kappa shape index (κ3) is 4.73. The molecule has 1 fully saturated rings. The second-order valence-electron chi connectivity index (χ2n) is 6.26. The van der Waals surface area contributed by atoms with Crippen LogP contribution < -0.4 is 0 Å². The smallest absolute Gasteiger partial charge is 0.144 e. The van der Waals surface area contributed by atoms with Gasteiger partial charge < -0.3 is 4.74 Å². The van der Waals surface area contributed by atoms with Crippen molar-refractivity contribution < 1.29 is 8.95 Å². The molecular weight excluding hydrogens is 350 g/mol. The molecule has 0 aromatic heterocycles. The molecule has 5 heteroatoms. The number of halogens is 1. The molecule has 21 heavy (non-hydrogen) atoms. The van der Waals surface area contributed by atoms with E-state index >= 15 is 0 Å². The third-order valence-electron chi connectivity index (χ3n) is 3.52. The summed E-state index contributed by atoms with van der Waals surface area (Å²) in [6.45, 7) is 7.42. The van der Waals surface area contributed by atoms with E-state index in [9.17, 15) is 4.21 Å². The Balaban J connectivity index is 2.27. The summed E-state index contributed by atoms with van der Waals surface area (Å²) >= 11 is 3.50. The number of rotatable bonds is 3. The molecule has 3 nitrogen and oxygen atoms in total. The van der Waals surface area contributed by atoms with Crippen LogP contribution in [-0.2, 0) is 15.7 Å². The summed E-state index contributed by atoms with van der Waals surface area (Å²) in [7, 11) is -1.23. The number of hydrogen-bond donors (Lipinski definition) is 0. The fourth-order valence-corrected chi connectivity index (χ4v) is 3.20. The van der Waals surface area contributed by atoms with Crippen LogP contribution in [0, 0.1) is 0 Å². The molecule has 1 unspecified atom stereocenters. The van der Waals surface area contributed by atoms with Crippen LogP contribution in [-0.4, -0.2) is 28.4 Å². The number of ether oxygens (including phenoxy) is 1. The highest BCUT2D eigenvalue weighted by molar-refractivity contribution is 9.10. The fraction of sp³-hybridized carbons (Fsp3) is 0.562. The first kappa shape index (κ1) is 16.8. The molecule has 0 N–H and O–H groups in total. The third-order valence-corrected chi connectivity index (χ3v) is 5.36. The minimum absolute atomic E-state index is 0.332. The molecule has 1 heterocycles. The van der Waals surface area contributed by atoms with E-state index in [-0.39, 0.29) is 4.75 Å². The minimum Gasteiger partial charge on any atom is -0.381 e.